The molecule has 5 heteroatoms. The number of nitrogens with one attached hydrogen (secondary N) is 1. The van der Waals surface area contributed by atoms with E-state index in [1.165, 1.54) is 0 Å². The number of rotatable bonds is 2. The summed E-state index contributed by atoms with van der Waals surface area (Å²) >= 11 is 0. The number of carbonyl (C=O) groups excluding carboxylic acids is 1. The fourth-order valence-corrected chi connectivity index (χ4v) is 1.56. The van der Waals surface area contributed by atoms with Crippen molar-refractivity contribution in [3.8, 4) is 0 Å². The predicted octanol–water partition coefficient (Wildman–Crippen LogP) is 0.882. The normalized spacial score (nSPS) is 12.7. The van der Waals surface area contributed by atoms with E-state index in [1.54, 1.807) is 32.2 Å². The first kappa shape index (κ1) is 10.6. The third-order valence-corrected chi connectivity index (χ3v) is 2.41. The van der Waals surface area contributed by atoms with Gasteiger partial charge >= 0.3 is 0 Å². The molecule has 1 aromatic carbocycles. The van der Waals surface area contributed by atoms with Crippen molar-refractivity contribution < 1.29 is 9.21 Å². The predicted molar refractivity (Wildman–Crippen MR) is 59.7 cm³/mol. The molecule has 2 rings (SSSR count). The number of amides is 1. The SMILES string of the molecule is CNC(=O)C(N)c1ccc2oc(C)nc2c1. The number of fused-ring (bicyclic) bond motifs is 1. The maximum atomic E-state index is 11.4. The standard InChI is InChI=1S/C11H13N3O2/c1-6-14-8-5-7(3-4-9(8)16-6)10(12)11(15)13-2/h3-5,10H,12H2,1-2H3,(H,13,15). The van der Waals surface area contributed by atoms with Gasteiger partial charge in [-0.15, -0.1) is 0 Å². The second-order valence-electron chi connectivity index (χ2n) is 3.55. The van der Waals surface area contributed by atoms with Crippen LogP contribution in [0.5, 0.6) is 0 Å². The first-order valence-electron chi connectivity index (χ1n) is 4.96. The van der Waals surface area contributed by atoms with E-state index in [1.807, 2.05) is 0 Å². The van der Waals surface area contributed by atoms with Gasteiger partial charge in [0.25, 0.3) is 0 Å². The number of aromatic nitrogens is 1. The highest BCUT2D eigenvalue weighted by Crippen LogP contribution is 2.19. The fraction of sp³-hybridized carbons (Fsp3) is 0.273. The van der Waals surface area contributed by atoms with Crippen molar-refractivity contribution in [1.29, 1.82) is 0 Å². The van der Waals surface area contributed by atoms with Crippen molar-refractivity contribution >= 4 is 17.0 Å². The van der Waals surface area contributed by atoms with Crippen LogP contribution in [0.15, 0.2) is 22.6 Å². The van der Waals surface area contributed by atoms with E-state index in [-0.39, 0.29) is 5.91 Å². The number of benzene rings is 1. The second kappa shape index (κ2) is 3.94. The van der Waals surface area contributed by atoms with Gasteiger partial charge in [0.05, 0.1) is 0 Å². The number of carbonyl (C=O) groups is 1. The Morgan fingerprint density at radius 2 is 2.31 bits per heavy atom. The highest BCUT2D eigenvalue weighted by Gasteiger charge is 2.15. The minimum absolute atomic E-state index is 0.223. The Morgan fingerprint density at radius 1 is 1.56 bits per heavy atom. The van der Waals surface area contributed by atoms with Gasteiger partial charge in [-0.1, -0.05) is 6.07 Å². The second-order valence-corrected chi connectivity index (χ2v) is 3.55. The van der Waals surface area contributed by atoms with Crippen molar-refractivity contribution in [1.82, 2.24) is 10.3 Å². The summed E-state index contributed by atoms with van der Waals surface area (Å²) < 4.78 is 5.34. The molecule has 5 nitrogen and oxygen atoms in total. The first-order valence-corrected chi connectivity index (χ1v) is 4.96. The highest BCUT2D eigenvalue weighted by molar-refractivity contribution is 5.84. The average molecular weight is 219 g/mol. The summed E-state index contributed by atoms with van der Waals surface area (Å²) in [5.74, 6) is 0.375. The molecule has 3 N–H and O–H groups in total. The largest absolute Gasteiger partial charge is 0.441 e. The maximum absolute atomic E-state index is 11.4. The van der Waals surface area contributed by atoms with Crippen LogP contribution in [-0.4, -0.2) is 17.9 Å². The van der Waals surface area contributed by atoms with Gasteiger partial charge in [-0.3, -0.25) is 4.79 Å². The molecule has 0 aliphatic heterocycles. The lowest BCUT2D eigenvalue weighted by Gasteiger charge is -2.09. The lowest BCUT2D eigenvalue weighted by atomic mass is 10.1. The molecule has 0 saturated carbocycles. The van der Waals surface area contributed by atoms with Crippen LogP contribution < -0.4 is 11.1 Å². The summed E-state index contributed by atoms with van der Waals surface area (Å²) in [7, 11) is 1.56. The zero-order chi connectivity index (χ0) is 11.7. The van der Waals surface area contributed by atoms with Crippen molar-refractivity contribution in [2.75, 3.05) is 7.05 Å². The minimum Gasteiger partial charge on any atom is -0.441 e. The van der Waals surface area contributed by atoms with Gasteiger partial charge in [0.15, 0.2) is 11.5 Å². The Balaban J connectivity index is 2.42. The summed E-state index contributed by atoms with van der Waals surface area (Å²) in [6.07, 6.45) is 0. The number of hydrogen-bond acceptors (Lipinski definition) is 4. The van der Waals surface area contributed by atoms with E-state index in [0.717, 1.165) is 5.56 Å². The van der Waals surface area contributed by atoms with Gasteiger partial charge in [-0.05, 0) is 17.7 Å². The molecule has 0 saturated heterocycles. The van der Waals surface area contributed by atoms with E-state index in [0.29, 0.717) is 17.0 Å². The zero-order valence-electron chi connectivity index (χ0n) is 9.15. The van der Waals surface area contributed by atoms with E-state index >= 15 is 0 Å². The monoisotopic (exact) mass is 219 g/mol. The van der Waals surface area contributed by atoms with Crippen LogP contribution in [0.25, 0.3) is 11.1 Å². The molecule has 1 heterocycles. The number of oxazole rings is 1. The van der Waals surface area contributed by atoms with Gasteiger partial charge in [0.1, 0.15) is 11.6 Å². The van der Waals surface area contributed by atoms with E-state index < -0.39 is 6.04 Å². The molecule has 1 aromatic heterocycles. The van der Waals surface area contributed by atoms with Crippen LogP contribution in [-0.2, 0) is 4.79 Å². The molecule has 0 aliphatic rings. The lowest BCUT2D eigenvalue weighted by molar-refractivity contribution is -0.121. The Bertz CT molecular complexity index is 533. The molecule has 1 atom stereocenters. The molecule has 0 bridgehead atoms. The lowest BCUT2D eigenvalue weighted by Crippen LogP contribution is -2.31. The van der Waals surface area contributed by atoms with Gasteiger partial charge < -0.3 is 15.5 Å². The maximum Gasteiger partial charge on any atom is 0.241 e. The van der Waals surface area contributed by atoms with Crippen LogP contribution in [0.1, 0.15) is 17.5 Å². The third kappa shape index (κ3) is 1.77. The van der Waals surface area contributed by atoms with Crippen LogP contribution in [0.3, 0.4) is 0 Å². The summed E-state index contributed by atoms with van der Waals surface area (Å²) in [5, 5.41) is 2.51. The Kier molecular flexibility index (Phi) is 2.62. The number of nitrogens with zero attached hydrogens (tertiary/aromatic N) is 1. The summed E-state index contributed by atoms with van der Waals surface area (Å²) in [5.41, 5.74) is 7.92. The fourth-order valence-electron chi connectivity index (χ4n) is 1.56. The number of hydrogen-bond donors (Lipinski definition) is 2. The van der Waals surface area contributed by atoms with Crippen LogP contribution in [0, 0.1) is 6.92 Å². The van der Waals surface area contributed by atoms with Crippen molar-refractivity contribution in [2.45, 2.75) is 13.0 Å². The first-order chi connectivity index (χ1) is 7.61. The quantitative estimate of drug-likeness (QED) is 0.785. The molecule has 0 spiro atoms. The number of nitrogens with two attached hydrogens (primary N) is 1. The van der Waals surface area contributed by atoms with Gasteiger partial charge in [0.2, 0.25) is 5.91 Å². The van der Waals surface area contributed by atoms with E-state index in [9.17, 15) is 4.79 Å². The zero-order valence-corrected chi connectivity index (χ0v) is 9.15. The smallest absolute Gasteiger partial charge is 0.241 e. The summed E-state index contributed by atoms with van der Waals surface area (Å²) in [6.45, 7) is 1.78. The van der Waals surface area contributed by atoms with E-state index in [2.05, 4.69) is 10.3 Å². The topological polar surface area (TPSA) is 81.2 Å². The van der Waals surface area contributed by atoms with Crippen LogP contribution >= 0.6 is 0 Å². The van der Waals surface area contributed by atoms with Gasteiger partial charge in [-0.2, -0.15) is 0 Å². The molecule has 16 heavy (non-hydrogen) atoms. The summed E-state index contributed by atoms with van der Waals surface area (Å²) in [6, 6.07) is 4.64. The number of aryl methyl sites for hydroxylation is 1. The molecule has 0 fully saturated rings. The minimum atomic E-state index is -0.675. The molecule has 0 aliphatic carbocycles. The van der Waals surface area contributed by atoms with E-state index in [4.69, 9.17) is 10.2 Å². The number of likely N-dealkylation sites (N-methyl/N-ethyl adjacent to an activating group) is 1. The van der Waals surface area contributed by atoms with Crippen LogP contribution in [0.2, 0.25) is 0 Å². The Labute approximate surface area is 92.6 Å². The molecular formula is C11H13N3O2. The Hall–Kier alpha value is -1.88. The van der Waals surface area contributed by atoms with Crippen molar-refractivity contribution in [3.05, 3.63) is 29.7 Å². The molecule has 2 aromatic rings. The molecule has 1 amide bonds. The van der Waals surface area contributed by atoms with Crippen LogP contribution in [0.4, 0.5) is 0 Å². The Morgan fingerprint density at radius 3 is 3.00 bits per heavy atom. The molecule has 1 unspecified atom stereocenters. The molecule has 84 valence electrons. The highest BCUT2D eigenvalue weighted by atomic mass is 16.3. The van der Waals surface area contributed by atoms with Gasteiger partial charge in [-0.25, -0.2) is 4.98 Å². The summed E-state index contributed by atoms with van der Waals surface area (Å²) in [4.78, 5) is 15.6. The third-order valence-electron chi connectivity index (χ3n) is 2.41. The van der Waals surface area contributed by atoms with Crippen molar-refractivity contribution in [2.24, 2.45) is 5.73 Å². The average Bonchev–Trinajstić information content (AvgIpc) is 2.65. The molecule has 0 radical (unpaired) electrons. The van der Waals surface area contributed by atoms with Gasteiger partial charge in [0, 0.05) is 14.0 Å². The molecular weight excluding hydrogens is 206 g/mol. The van der Waals surface area contributed by atoms with Crippen molar-refractivity contribution in [3.63, 3.8) is 0 Å².